The van der Waals surface area contributed by atoms with Crippen molar-refractivity contribution in [3.63, 3.8) is 0 Å². The Labute approximate surface area is 160 Å². The summed E-state index contributed by atoms with van der Waals surface area (Å²) in [5.41, 5.74) is 0.489. The number of hydrogen-bond acceptors (Lipinski definition) is 4. The predicted molar refractivity (Wildman–Crippen MR) is 104 cm³/mol. The maximum atomic E-state index is 13.3. The van der Waals surface area contributed by atoms with Crippen molar-refractivity contribution in [2.24, 2.45) is 4.99 Å². The molecule has 1 aliphatic carbocycles. The van der Waals surface area contributed by atoms with E-state index >= 15 is 0 Å². The van der Waals surface area contributed by atoms with Crippen LogP contribution in [0.15, 0.2) is 29.3 Å². The van der Waals surface area contributed by atoms with Gasteiger partial charge in [-0.15, -0.1) is 0 Å². The number of sulfone groups is 1. The van der Waals surface area contributed by atoms with Gasteiger partial charge in [-0.1, -0.05) is 31.4 Å². The van der Waals surface area contributed by atoms with E-state index < -0.39 is 26.5 Å². The number of nitrogens with one attached hydrogen (secondary N) is 1. The fraction of sp³-hybridized carbons (Fsp3) is 0.632. The zero-order chi connectivity index (χ0) is 19.5. The second-order valence-corrected chi connectivity index (χ2v) is 9.99. The van der Waals surface area contributed by atoms with E-state index in [1.807, 2.05) is 4.90 Å². The largest absolute Gasteiger partial charge is 0.387 e. The number of hydrogen-bond donors (Lipinski definition) is 2. The number of halogens is 1. The molecule has 0 bridgehead atoms. The van der Waals surface area contributed by atoms with Gasteiger partial charge in [0.05, 0.1) is 16.6 Å². The zero-order valence-corrected chi connectivity index (χ0v) is 16.5. The van der Waals surface area contributed by atoms with Crippen LogP contribution in [0, 0.1) is 5.82 Å². The van der Waals surface area contributed by atoms with E-state index in [-0.39, 0.29) is 12.3 Å². The van der Waals surface area contributed by atoms with Crippen molar-refractivity contribution >= 4 is 15.8 Å². The van der Waals surface area contributed by atoms with Crippen molar-refractivity contribution in [2.75, 3.05) is 32.4 Å². The van der Waals surface area contributed by atoms with E-state index in [4.69, 9.17) is 0 Å². The minimum atomic E-state index is -3.12. The monoisotopic (exact) mass is 397 g/mol. The van der Waals surface area contributed by atoms with Gasteiger partial charge in [-0.25, -0.2) is 12.8 Å². The highest BCUT2D eigenvalue weighted by Gasteiger charge is 2.48. The first-order valence-electron chi connectivity index (χ1n) is 9.48. The number of aliphatic hydroxyl groups is 1. The summed E-state index contributed by atoms with van der Waals surface area (Å²) in [6.07, 6.45) is 3.50. The molecule has 1 aliphatic heterocycles. The third-order valence-corrected chi connectivity index (χ3v) is 8.31. The van der Waals surface area contributed by atoms with Crippen LogP contribution >= 0.6 is 0 Å². The van der Waals surface area contributed by atoms with Gasteiger partial charge >= 0.3 is 0 Å². The lowest BCUT2D eigenvalue weighted by atomic mass is 9.87. The summed E-state index contributed by atoms with van der Waals surface area (Å²) in [4.78, 5) is 6.25. The van der Waals surface area contributed by atoms with Crippen molar-refractivity contribution in [2.45, 2.75) is 43.0 Å². The maximum absolute atomic E-state index is 13.3. The van der Waals surface area contributed by atoms with Crippen LogP contribution in [0.4, 0.5) is 4.39 Å². The maximum Gasteiger partial charge on any atom is 0.193 e. The lowest BCUT2D eigenvalue weighted by Crippen LogP contribution is -2.60. The average molecular weight is 398 g/mol. The van der Waals surface area contributed by atoms with Crippen LogP contribution in [-0.2, 0) is 9.84 Å². The fourth-order valence-corrected chi connectivity index (χ4v) is 6.33. The summed E-state index contributed by atoms with van der Waals surface area (Å²) in [7, 11) is -1.47. The van der Waals surface area contributed by atoms with Crippen molar-refractivity contribution in [1.82, 2.24) is 10.2 Å². The summed E-state index contributed by atoms with van der Waals surface area (Å²) in [6.45, 7) is 0.997. The molecule has 1 aromatic carbocycles. The average Bonchev–Trinajstić information content (AvgIpc) is 2.66. The van der Waals surface area contributed by atoms with Crippen LogP contribution in [-0.4, -0.2) is 61.6 Å². The molecule has 1 saturated heterocycles. The Kier molecular flexibility index (Phi) is 6.05. The number of benzene rings is 1. The Hall–Kier alpha value is -1.67. The van der Waals surface area contributed by atoms with E-state index in [0.29, 0.717) is 37.5 Å². The van der Waals surface area contributed by atoms with Gasteiger partial charge in [-0.3, -0.25) is 4.99 Å². The Morgan fingerprint density at radius 1 is 1.37 bits per heavy atom. The van der Waals surface area contributed by atoms with Gasteiger partial charge in [0.1, 0.15) is 5.82 Å². The number of nitrogens with zero attached hydrogens (tertiary/aromatic N) is 2. The van der Waals surface area contributed by atoms with Crippen LogP contribution in [0.3, 0.4) is 0 Å². The van der Waals surface area contributed by atoms with Gasteiger partial charge in [0.25, 0.3) is 0 Å². The van der Waals surface area contributed by atoms with Crippen molar-refractivity contribution < 1.29 is 17.9 Å². The van der Waals surface area contributed by atoms with Gasteiger partial charge in [-0.05, 0) is 30.5 Å². The molecule has 1 spiro atoms. The minimum Gasteiger partial charge on any atom is -0.387 e. The number of rotatable bonds is 3. The molecule has 3 rings (SSSR count). The smallest absolute Gasteiger partial charge is 0.193 e. The first-order valence-corrected chi connectivity index (χ1v) is 11.1. The van der Waals surface area contributed by atoms with Crippen LogP contribution < -0.4 is 5.32 Å². The van der Waals surface area contributed by atoms with E-state index in [2.05, 4.69) is 10.3 Å². The molecule has 2 aliphatic rings. The Balaban J connectivity index is 1.67. The summed E-state index contributed by atoms with van der Waals surface area (Å²) in [5.74, 6) is 0.307. The summed E-state index contributed by atoms with van der Waals surface area (Å²) < 4.78 is 38.1. The highest BCUT2D eigenvalue weighted by molar-refractivity contribution is 7.92. The fourth-order valence-electron chi connectivity index (χ4n) is 4.17. The Bertz CT molecular complexity index is 791. The number of aliphatic hydroxyl groups excluding tert-OH is 1. The molecule has 8 heteroatoms. The highest BCUT2D eigenvalue weighted by Crippen LogP contribution is 2.38. The molecule has 2 N–H and O–H groups in total. The standard InChI is InChI=1S/C19H28FN3O3S/c1-21-18(22-13-17(24)15-6-5-7-16(20)12-15)23-10-11-27(25,26)19(14-23)8-3-2-4-9-19/h5-7,12,17,24H,2-4,8-11,13-14H2,1H3,(H,21,22). The van der Waals surface area contributed by atoms with E-state index in [0.717, 1.165) is 19.3 Å². The SMILES string of the molecule is CN=C(NCC(O)c1cccc(F)c1)N1CCS(=O)(=O)C2(CCCCC2)C1. The molecule has 0 amide bonds. The first-order chi connectivity index (χ1) is 12.9. The molecule has 1 unspecified atom stereocenters. The molecular weight excluding hydrogens is 369 g/mol. The van der Waals surface area contributed by atoms with Crippen molar-refractivity contribution in [3.8, 4) is 0 Å². The number of aliphatic imine (C=N–C) groups is 1. The first kappa shape index (κ1) is 20.1. The molecule has 0 radical (unpaired) electrons. The molecule has 2 fully saturated rings. The molecule has 6 nitrogen and oxygen atoms in total. The lowest BCUT2D eigenvalue weighted by Gasteiger charge is -2.45. The molecular formula is C19H28FN3O3S. The third-order valence-electron chi connectivity index (χ3n) is 5.73. The molecule has 1 saturated carbocycles. The number of guanidine groups is 1. The van der Waals surface area contributed by atoms with E-state index in [1.165, 1.54) is 12.1 Å². The second-order valence-electron chi connectivity index (χ2n) is 7.48. The topological polar surface area (TPSA) is 82.0 Å². The summed E-state index contributed by atoms with van der Waals surface area (Å²) in [5, 5.41) is 13.4. The molecule has 1 heterocycles. The molecule has 150 valence electrons. The van der Waals surface area contributed by atoms with E-state index in [1.54, 1.807) is 19.2 Å². The zero-order valence-electron chi connectivity index (χ0n) is 15.7. The Morgan fingerprint density at radius 3 is 2.78 bits per heavy atom. The molecule has 27 heavy (non-hydrogen) atoms. The van der Waals surface area contributed by atoms with Crippen LogP contribution in [0.25, 0.3) is 0 Å². The lowest BCUT2D eigenvalue weighted by molar-refractivity contribution is 0.178. The van der Waals surface area contributed by atoms with Gasteiger partial charge in [-0.2, -0.15) is 0 Å². The van der Waals surface area contributed by atoms with Gasteiger partial charge in [0.15, 0.2) is 15.8 Å². The molecule has 1 atom stereocenters. The molecule has 1 aromatic rings. The van der Waals surface area contributed by atoms with E-state index in [9.17, 15) is 17.9 Å². The summed E-state index contributed by atoms with van der Waals surface area (Å²) in [6, 6.07) is 5.87. The molecule has 0 aromatic heterocycles. The van der Waals surface area contributed by atoms with Crippen LogP contribution in [0.5, 0.6) is 0 Å². The minimum absolute atomic E-state index is 0.125. The third kappa shape index (κ3) is 4.27. The quantitative estimate of drug-likeness (QED) is 0.601. The second kappa shape index (κ2) is 8.14. The van der Waals surface area contributed by atoms with Crippen molar-refractivity contribution in [3.05, 3.63) is 35.6 Å². The van der Waals surface area contributed by atoms with Gasteiger partial charge in [0.2, 0.25) is 0 Å². The highest BCUT2D eigenvalue weighted by atomic mass is 32.2. The summed E-state index contributed by atoms with van der Waals surface area (Å²) >= 11 is 0. The van der Waals surface area contributed by atoms with Crippen LogP contribution in [0.1, 0.15) is 43.8 Å². The van der Waals surface area contributed by atoms with Gasteiger partial charge < -0.3 is 15.3 Å². The normalized spacial score (nSPS) is 23.2. The predicted octanol–water partition coefficient (Wildman–Crippen LogP) is 1.87. The van der Waals surface area contributed by atoms with Crippen LogP contribution in [0.2, 0.25) is 0 Å². The van der Waals surface area contributed by atoms with Crippen molar-refractivity contribution in [1.29, 1.82) is 0 Å². The van der Waals surface area contributed by atoms with Gasteiger partial charge in [0, 0.05) is 26.7 Å². The Morgan fingerprint density at radius 2 is 2.11 bits per heavy atom.